The average molecular weight is 249 g/mol. The Balaban J connectivity index is 2.34. The van der Waals surface area contributed by atoms with Gasteiger partial charge in [0.2, 0.25) is 5.91 Å². The van der Waals surface area contributed by atoms with Crippen molar-refractivity contribution in [1.29, 1.82) is 0 Å². The SMILES string of the molecule is CCC(CC)NC(=O)CN[C@@H](C)c1cccnc1. The van der Waals surface area contributed by atoms with Crippen LogP contribution in [0.25, 0.3) is 0 Å². The summed E-state index contributed by atoms with van der Waals surface area (Å²) >= 11 is 0. The summed E-state index contributed by atoms with van der Waals surface area (Å²) in [6.45, 7) is 6.54. The molecule has 0 aliphatic heterocycles. The fourth-order valence-electron chi connectivity index (χ4n) is 1.77. The fourth-order valence-corrected chi connectivity index (χ4v) is 1.77. The van der Waals surface area contributed by atoms with E-state index in [4.69, 9.17) is 0 Å². The minimum Gasteiger partial charge on any atom is -0.352 e. The van der Waals surface area contributed by atoms with Crippen LogP contribution in [0.5, 0.6) is 0 Å². The summed E-state index contributed by atoms with van der Waals surface area (Å²) in [7, 11) is 0. The number of pyridine rings is 1. The molecule has 1 heterocycles. The van der Waals surface area contributed by atoms with E-state index < -0.39 is 0 Å². The van der Waals surface area contributed by atoms with Gasteiger partial charge in [-0.3, -0.25) is 9.78 Å². The van der Waals surface area contributed by atoms with Gasteiger partial charge in [-0.2, -0.15) is 0 Å². The van der Waals surface area contributed by atoms with Gasteiger partial charge in [-0.15, -0.1) is 0 Å². The van der Waals surface area contributed by atoms with Crippen LogP contribution in [0.4, 0.5) is 0 Å². The zero-order valence-corrected chi connectivity index (χ0v) is 11.4. The maximum Gasteiger partial charge on any atom is 0.234 e. The number of rotatable bonds is 7. The molecule has 0 radical (unpaired) electrons. The van der Waals surface area contributed by atoms with Crippen LogP contribution in [0.1, 0.15) is 45.2 Å². The van der Waals surface area contributed by atoms with Crippen LogP contribution in [-0.4, -0.2) is 23.5 Å². The van der Waals surface area contributed by atoms with Crippen LogP contribution in [0.3, 0.4) is 0 Å². The van der Waals surface area contributed by atoms with Gasteiger partial charge >= 0.3 is 0 Å². The van der Waals surface area contributed by atoms with E-state index in [-0.39, 0.29) is 18.0 Å². The maximum atomic E-state index is 11.7. The second kappa shape index (κ2) is 7.82. The van der Waals surface area contributed by atoms with Crippen molar-refractivity contribution in [1.82, 2.24) is 15.6 Å². The highest BCUT2D eigenvalue weighted by Crippen LogP contribution is 2.08. The molecular weight excluding hydrogens is 226 g/mol. The third-order valence-electron chi connectivity index (χ3n) is 3.10. The van der Waals surface area contributed by atoms with E-state index in [0.717, 1.165) is 18.4 Å². The Hall–Kier alpha value is -1.42. The van der Waals surface area contributed by atoms with Crippen molar-refractivity contribution < 1.29 is 4.79 Å². The lowest BCUT2D eigenvalue weighted by molar-refractivity contribution is -0.121. The standard InChI is InChI=1S/C14H23N3O/c1-4-13(5-2)17-14(18)10-16-11(3)12-7-6-8-15-9-12/h6-9,11,13,16H,4-5,10H2,1-3H3,(H,17,18)/t11-/m0/s1. The fraction of sp³-hybridized carbons (Fsp3) is 0.571. The molecule has 0 saturated carbocycles. The quantitative estimate of drug-likeness (QED) is 0.777. The van der Waals surface area contributed by atoms with Gasteiger partial charge in [0, 0.05) is 24.5 Å². The van der Waals surface area contributed by atoms with Crippen molar-refractivity contribution in [2.75, 3.05) is 6.54 Å². The van der Waals surface area contributed by atoms with Crippen molar-refractivity contribution in [3.63, 3.8) is 0 Å². The summed E-state index contributed by atoms with van der Waals surface area (Å²) in [5, 5.41) is 6.21. The van der Waals surface area contributed by atoms with Gasteiger partial charge in [-0.05, 0) is 31.4 Å². The molecule has 1 amide bonds. The van der Waals surface area contributed by atoms with Crippen molar-refractivity contribution >= 4 is 5.91 Å². The Labute approximate surface area is 109 Å². The predicted octanol–water partition coefficient (Wildman–Crippen LogP) is 2.04. The molecule has 0 bridgehead atoms. The lowest BCUT2D eigenvalue weighted by Crippen LogP contribution is -2.40. The largest absolute Gasteiger partial charge is 0.352 e. The average Bonchev–Trinajstić information content (AvgIpc) is 2.43. The number of aromatic nitrogens is 1. The predicted molar refractivity (Wildman–Crippen MR) is 73.2 cm³/mol. The number of nitrogens with zero attached hydrogens (tertiary/aromatic N) is 1. The van der Waals surface area contributed by atoms with E-state index in [1.807, 2.05) is 25.3 Å². The van der Waals surface area contributed by atoms with Gasteiger partial charge < -0.3 is 10.6 Å². The molecule has 4 nitrogen and oxygen atoms in total. The van der Waals surface area contributed by atoms with Crippen molar-refractivity contribution in [2.45, 2.75) is 45.7 Å². The molecule has 4 heteroatoms. The van der Waals surface area contributed by atoms with Gasteiger partial charge in [0.25, 0.3) is 0 Å². The van der Waals surface area contributed by atoms with E-state index in [1.54, 1.807) is 6.20 Å². The minimum atomic E-state index is 0.0550. The summed E-state index contributed by atoms with van der Waals surface area (Å²) in [4.78, 5) is 15.8. The first-order chi connectivity index (χ1) is 8.67. The Bertz CT molecular complexity index is 349. The van der Waals surface area contributed by atoms with E-state index >= 15 is 0 Å². The molecule has 0 aromatic carbocycles. The van der Waals surface area contributed by atoms with Crippen LogP contribution >= 0.6 is 0 Å². The third-order valence-corrected chi connectivity index (χ3v) is 3.10. The van der Waals surface area contributed by atoms with E-state index in [1.165, 1.54) is 0 Å². The lowest BCUT2D eigenvalue weighted by Gasteiger charge is -2.17. The van der Waals surface area contributed by atoms with Gasteiger partial charge in [-0.1, -0.05) is 19.9 Å². The van der Waals surface area contributed by atoms with Gasteiger partial charge in [0.05, 0.1) is 6.54 Å². The van der Waals surface area contributed by atoms with Crippen molar-refractivity contribution in [3.05, 3.63) is 30.1 Å². The molecule has 1 atom stereocenters. The molecule has 1 aromatic heterocycles. The Morgan fingerprint density at radius 3 is 2.67 bits per heavy atom. The zero-order valence-electron chi connectivity index (χ0n) is 11.4. The van der Waals surface area contributed by atoms with Gasteiger partial charge in [0.15, 0.2) is 0 Å². The topological polar surface area (TPSA) is 54.0 Å². The number of hydrogen-bond donors (Lipinski definition) is 2. The summed E-state index contributed by atoms with van der Waals surface area (Å²) < 4.78 is 0. The number of carbonyl (C=O) groups excluding carboxylic acids is 1. The molecule has 0 fully saturated rings. The number of amides is 1. The first kappa shape index (κ1) is 14.6. The molecule has 0 aliphatic carbocycles. The first-order valence-electron chi connectivity index (χ1n) is 6.60. The first-order valence-corrected chi connectivity index (χ1v) is 6.60. The Kier molecular flexibility index (Phi) is 6.36. The van der Waals surface area contributed by atoms with E-state index in [0.29, 0.717) is 6.54 Å². The Morgan fingerprint density at radius 1 is 1.39 bits per heavy atom. The molecule has 0 spiro atoms. The number of nitrogens with one attached hydrogen (secondary N) is 2. The smallest absolute Gasteiger partial charge is 0.234 e. The highest BCUT2D eigenvalue weighted by molar-refractivity contribution is 5.78. The molecule has 100 valence electrons. The molecule has 18 heavy (non-hydrogen) atoms. The molecule has 2 N–H and O–H groups in total. The minimum absolute atomic E-state index is 0.0550. The van der Waals surface area contributed by atoms with E-state index in [2.05, 4.69) is 29.5 Å². The third kappa shape index (κ3) is 4.84. The number of hydrogen-bond acceptors (Lipinski definition) is 3. The van der Waals surface area contributed by atoms with Crippen LogP contribution < -0.4 is 10.6 Å². The van der Waals surface area contributed by atoms with Crippen LogP contribution in [0.15, 0.2) is 24.5 Å². The van der Waals surface area contributed by atoms with Crippen molar-refractivity contribution in [3.8, 4) is 0 Å². The normalized spacial score (nSPS) is 12.4. The summed E-state index contributed by atoms with van der Waals surface area (Å²) in [6.07, 6.45) is 5.51. The zero-order chi connectivity index (χ0) is 13.4. The van der Waals surface area contributed by atoms with E-state index in [9.17, 15) is 4.79 Å². The van der Waals surface area contributed by atoms with Crippen LogP contribution in [0.2, 0.25) is 0 Å². The van der Waals surface area contributed by atoms with Crippen LogP contribution in [-0.2, 0) is 4.79 Å². The lowest BCUT2D eigenvalue weighted by atomic mass is 10.1. The number of carbonyl (C=O) groups is 1. The highest BCUT2D eigenvalue weighted by Gasteiger charge is 2.10. The van der Waals surface area contributed by atoms with Gasteiger partial charge in [-0.25, -0.2) is 0 Å². The van der Waals surface area contributed by atoms with Crippen molar-refractivity contribution in [2.24, 2.45) is 0 Å². The second-order valence-electron chi connectivity index (χ2n) is 4.47. The molecule has 0 unspecified atom stereocenters. The molecule has 1 aromatic rings. The molecule has 0 aliphatic rings. The molecule has 0 saturated heterocycles. The summed E-state index contributed by atoms with van der Waals surface area (Å²) in [5.74, 6) is 0.0550. The Morgan fingerprint density at radius 2 is 2.11 bits per heavy atom. The van der Waals surface area contributed by atoms with Gasteiger partial charge in [0.1, 0.15) is 0 Å². The molecular formula is C14H23N3O. The summed E-state index contributed by atoms with van der Waals surface area (Å²) in [6, 6.07) is 4.32. The second-order valence-corrected chi connectivity index (χ2v) is 4.47. The monoisotopic (exact) mass is 249 g/mol. The van der Waals surface area contributed by atoms with Crippen LogP contribution in [0, 0.1) is 0 Å². The highest BCUT2D eigenvalue weighted by atomic mass is 16.1. The molecule has 1 rings (SSSR count). The maximum absolute atomic E-state index is 11.7. The summed E-state index contributed by atoms with van der Waals surface area (Å²) in [5.41, 5.74) is 1.09.